The van der Waals surface area contributed by atoms with Gasteiger partial charge < -0.3 is 15.1 Å². The molecule has 0 unspecified atom stereocenters. The Bertz CT molecular complexity index is 693. The van der Waals surface area contributed by atoms with Crippen molar-refractivity contribution in [3.63, 3.8) is 0 Å². The molecular formula is C18H23N5O. The minimum atomic E-state index is -0.0407. The largest absolute Gasteiger partial charge is 0.364 e. The van der Waals surface area contributed by atoms with Crippen molar-refractivity contribution in [2.75, 3.05) is 38.5 Å². The molecule has 1 aliphatic rings. The Morgan fingerprint density at radius 1 is 1.08 bits per heavy atom. The minimum absolute atomic E-state index is 0.0407. The van der Waals surface area contributed by atoms with E-state index in [0.717, 1.165) is 26.2 Å². The van der Waals surface area contributed by atoms with E-state index in [0.29, 0.717) is 18.1 Å². The number of likely N-dealkylation sites (N-methyl/N-ethyl adjacent to an activating group) is 1. The molecule has 24 heavy (non-hydrogen) atoms. The van der Waals surface area contributed by atoms with Gasteiger partial charge in [0.15, 0.2) is 5.69 Å². The lowest BCUT2D eigenvalue weighted by Gasteiger charge is -2.32. The summed E-state index contributed by atoms with van der Waals surface area (Å²) in [5, 5.41) is 11.5. The summed E-state index contributed by atoms with van der Waals surface area (Å²) in [6, 6.07) is 11.8. The van der Waals surface area contributed by atoms with Gasteiger partial charge in [-0.05, 0) is 37.2 Å². The first kappa shape index (κ1) is 16.4. The topological polar surface area (TPSA) is 61.4 Å². The van der Waals surface area contributed by atoms with Crippen LogP contribution in [0.3, 0.4) is 0 Å². The van der Waals surface area contributed by atoms with E-state index in [9.17, 15) is 4.79 Å². The lowest BCUT2D eigenvalue weighted by molar-refractivity contribution is 0.0657. The molecule has 2 heterocycles. The first-order valence-electron chi connectivity index (χ1n) is 8.23. The maximum absolute atomic E-state index is 12.4. The van der Waals surface area contributed by atoms with Gasteiger partial charge in [0, 0.05) is 32.7 Å². The molecule has 3 rings (SSSR count). The fourth-order valence-electron chi connectivity index (χ4n) is 2.71. The standard InChI is InChI=1S/C18H23N5O/c1-14-5-3-4-6-15(14)13-19-17-8-7-16(20-21-17)18(24)23-11-9-22(2)10-12-23/h3-8H,9-13H2,1-2H3,(H,19,21). The normalized spacial score (nSPS) is 15.3. The minimum Gasteiger partial charge on any atom is -0.364 e. The monoisotopic (exact) mass is 325 g/mol. The predicted molar refractivity (Wildman–Crippen MR) is 93.9 cm³/mol. The maximum Gasteiger partial charge on any atom is 0.274 e. The van der Waals surface area contributed by atoms with E-state index in [1.165, 1.54) is 11.1 Å². The average molecular weight is 325 g/mol. The number of piperazine rings is 1. The molecule has 1 N–H and O–H groups in total. The van der Waals surface area contributed by atoms with Gasteiger partial charge in [-0.2, -0.15) is 0 Å². The molecule has 0 saturated carbocycles. The fourth-order valence-corrected chi connectivity index (χ4v) is 2.71. The van der Waals surface area contributed by atoms with Gasteiger partial charge in [0.2, 0.25) is 0 Å². The number of carbonyl (C=O) groups excluding carboxylic acids is 1. The molecule has 0 radical (unpaired) electrons. The van der Waals surface area contributed by atoms with Gasteiger partial charge in [-0.25, -0.2) is 0 Å². The molecule has 6 nitrogen and oxygen atoms in total. The number of hydrogen-bond donors (Lipinski definition) is 1. The summed E-state index contributed by atoms with van der Waals surface area (Å²) in [5.41, 5.74) is 2.86. The van der Waals surface area contributed by atoms with Crippen LogP contribution in [-0.4, -0.2) is 59.1 Å². The number of nitrogens with one attached hydrogen (secondary N) is 1. The van der Waals surface area contributed by atoms with Crippen molar-refractivity contribution in [2.45, 2.75) is 13.5 Å². The Labute approximate surface area is 142 Å². The zero-order chi connectivity index (χ0) is 16.9. The summed E-state index contributed by atoms with van der Waals surface area (Å²) < 4.78 is 0. The van der Waals surface area contributed by atoms with Gasteiger partial charge in [0.25, 0.3) is 5.91 Å². The maximum atomic E-state index is 12.4. The van der Waals surface area contributed by atoms with Crippen molar-refractivity contribution in [1.82, 2.24) is 20.0 Å². The Kier molecular flexibility index (Phi) is 5.05. The summed E-state index contributed by atoms with van der Waals surface area (Å²) in [6.45, 7) is 6.05. The van der Waals surface area contributed by atoms with Crippen LogP contribution in [0.15, 0.2) is 36.4 Å². The molecule has 1 fully saturated rings. The van der Waals surface area contributed by atoms with E-state index in [-0.39, 0.29) is 5.91 Å². The van der Waals surface area contributed by atoms with Crippen molar-refractivity contribution in [3.05, 3.63) is 53.2 Å². The number of benzene rings is 1. The number of amides is 1. The molecule has 1 aromatic carbocycles. The number of nitrogens with zero attached hydrogens (tertiary/aromatic N) is 4. The summed E-state index contributed by atoms with van der Waals surface area (Å²) in [7, 11) is 2.07. The molecule has 0 spiro atoms. The third-order valence-electron chi connectivity index (χ3n) is 4.40. The third-order valence-corrected chi connectivity index (χ3v) is 4.40. The van der Waals surface area contributed by atoms with Gasteiger partial charge in [-0.1, -0.05) is 24.3 Å². The lowest BCUT2D eigenvalue weighted by atomic mass is 10.1. The Morgan fingerprint density at radius 2 is 1.83 bits per heavy atom. The van der Waals surface area contributed by atoms with Gasteiger partial charge >= 0.3 is 0 Å². The number of aromatic nitrogens is 2. The van der Waals surface area contributed by atoms with Crippen LogP contribution in [0.25, 0.3) is 0 Å². The fraction of sp³-hybridized carbons (Fsp3) is 0.389. The van der Waals surface area contributed by atoms with Crippen molar-refractivity contribution in [1.29, 1.82) is 0 Å². The molecule has 2 aromatic rings. The quantitative estimate of drug-likeness (QED) is 0.928. The highest BCUT2D eigenvalue weighted by Crippen LogP contribution is 2.11. The van der Waals surface area contributed by atoms with E-state index < -0.39 is 0 Å². The molecule has 6 heteroatoms. The summed E-state index contributed by atoms with van der Waals surface area (Å²) in [6.07, 6.45) is 0. The highest BCUT2D eigenvalue weighted by Gasteiger charge is 2.21. The first-order valence-corrected chi connectivity index (χ1v) is 8.23. The second kappa shape index (κ2) is 7.40. The van der Waals surface area contributed by atoms with Crippen LogP contribution in [0.1, 0.15) is 21.6 Å². The van der Waals surface area contributed by atoms with Crippen LogP contribution >= 0.6 is 0 Å². The molecule has 1 saturated heterocycles. The van der Waals surface area contributed by atoms with Gasteiger partial charge in [0.1, 0.15) is 5.82 Å². The van der Waals surface area contributed by atoms with Crippen LogP contribution in [0.5, 0.6) is 0 Å². The van der Waals surface area contributed by atoms with Gasteiger partial charge in [0.05, 0.1) is 0 Å². The van der Waals surface area contributed by atoms with E-state index in [1.54, 1.807) is 6.07 Å². The SMILES string of the molecule is Cc1ccccc1CNc1ccc(C(=O)N2CCN(C)CC2)nn1. The second-order valence-electron chi connectivity index (χ2n) is 6.18. The zero-order valence-corrected chi connectivity index (χ0v) is 14.2. The van der Waals surface area contributed by atoms with Gasteiger partial charge in [-0.3, -0.25) is 4.79 Å². The predicted octanol–water partition coefficient (Wildman–Crippen LogP) is 1.78. The molecule has 126 valence electrons. The Balaban J connectivity index is 1.59. The lowest BCUT2D eigenvalue weighted by Crippen LogP contribution is -2.47. The zero-order valence-electron chi connectivity index (χ0n) is 14.2. The van der Waals surface area contributed by atoms with Gasteiger partial charge in [-0.15, -0.1) is 10.2 Å². The third kappa shape index (κ3) is 3.89. The van der Waals surface area contributed by atoms with Crippen LogP contribution in [0, 0.1) is 6.92 Å². The number of rotatable bonds is 4. The molecule has 1 amide bonds. The Morgan fingerprint density at radius 3 is 2.50 bits per heavy atom. The van der Waals surface area contributed by atoms with Crippen LogP contribution in [0.2, 0.25) is 0 Å². The Hall–Kier alpha value is -2.47. The van der Waals surface area contributed by atoms with Crippen molar-refractivity contribution >= 4 is 11.7 Å². The van der Waals surface area contributed by atoms with Crippen molar-refractivity contribution in [3.8, 4) is 0 Å². The summed E-state index contributed by atoms with van der Waals surface area (Å²) in [5.74, 6) is 0.634. The highest BCUT2D eigenvalue weighted by molar-refractivity contribution is 5.92. The van der Waals surface area contributed by atoms with Crippen LogP contribution in [-0.2, 0) is 6.54 Å². The first-order chi connectivity index (χ1) is 11.6. The summed E-state index contributed by atoms with van der Waals surface area (Å²) >= 11 is 0. The van der Waals surface area contributed by atoms with Crippen LogP contribution in [0.4, 0.5) is 5.82 Å². The van der Waals surface area contributed by atoms with E-state index in [4.69, 9.17) is 0 Å². The number of hydrogen-bond acceptors (Lipinski definition) is 5. The molecule has 0 aliphatic carbocycles. The molecule has 0 bridgehead atoms. The number of anilines is 1. The van der Waals surface area contributed by atoms with E-state index >= 15 is 0 Å². The van der Waals surface area contributed by atoms with Crippen molar-refractivity contribution in [2.24, 2.45) is 0 Å². The number of aryl methyl sites for hydroxylation is 1. The molecule has 0 atom stereocenters. The van der Waals surface area contributed by atoms with Crippen LogP contribution < -0.4 is 5.32 Å². The second-order valence-corrected chi connectivity index (χ2v) is 6.18. The molecular weight excluding hydrogens is 302 g/mol. The molecule has 1 aromatic heterocycles. The summed E-state index contributed by atoms with van der Waals surface area (Å²) in [4.78, 5) is 16.5. The average Bonchev–Trinajstić information content (AvgIpc) is 2.62. The smallest absolute Gasteiger partial charge is 0.274 e. The number of carbonyl (C=O) groups is 1. The molecule has 1 aliphatic heterocycles. The highest BCUT2D eigenvalue weighted by atomic mass is 16.2. The van der Waals surface area contributed by atoms with Crippen molar-refractivity contribution < 1.29 is 4.79 Å². The van der Waals surface area contributed by atoms with E-state index in [2.05, 4.69) is 46.5 Å². The van der Waals surface area contributed by atoms with E-state index in [1.807, 2.05) is 23.1 Å².